The molecule has 1 saturated carbocycles. The average Bonchev–Trinajstić information content (AvgIpc) is 3.72. The van der Waals surface area contributed by atoms with Crippen LogP contribution in [0.1, 0.15) is 63.1 Å². The number of halogens is 6. The zero-order valence-electron chi connectivity index (χ0n) is 22.5. The highest BCUT2D eigenvalue weighted by Gasteiger charge is 2.43. The molecule has 0 unspecified atom stereocenters. The fourth-order valence-electron chi connectivity index (χ4n) is 4.11. The van der Waals surface area contributed by atoms with Gasteiger partial charge >= 0.3 is 11.9 Å². The minimum atomic E-state index is -1.46. The van der Waals surface area contributed by atoms with Gasteiger partial charge in [-0.05, 0) is 66.9 Å². The van der Waals surface area contributed by atoms with Crippen LogP contribution in [0.15, 0.2) is 48.5 Å². The molecule has 2 aromatic carbocycles. The molecule has 44 heavy (non-hydrogen) atoms. The summed E-state index contributed by atoms with van der Waals surface area (Å²) in [6.45, 7) is 1.53. The van der Waals surface area contributed by atoms with Crippen molar-refractivity contribution in [3.05, 3.63) is 106 Å². The van der Waals surface area contributed by atoms with Crippen molar-refractivity contribution in [3.63, 3.8) is 0 Å². The number of carboxylic acids is 2. The lowest BCUT2D eigenvalue weighted by atomic mass is 10.0. The van der Waals surface area contributed by atoms with E-state index in [0.717, 1.165) is 48.5 Å². The number of carboxylic acid groups (broad SMARTS) is 2. The van der Waals surface area contributed by atoms with E-state index in [1.54, 1.807) is 0 Å². The first-order valence-electron chi connectivity index (χ1n) is 12.7. The molecule has 0 radical (unpaired) electrons. The lowest BCUT2D eigenvalue weighted by molar-refractivity contribution is 0.0680. The summed E-state index contributed by atoms with van der Waals surface area (Å²) < 4.78 is 84.0. The molecule has 0 bridgehead atoms. The third-order valence-corrected chi connectivity index (χ3v) is 6.59. The van der Waals surface area contributed by atoms with Crippen molar-refractivity contribution in [1.29, 1.82) is 0 Å². The number of hydrogen-bond donors (Lipinski definition) is 3. The second kappa shape index (κ2) is 12.2. The minimum absolute atomic E-state index is 0.0549. The largest absolute Gasteiger partial charge is 0.477 e. The van der Waals surface area contributed by atoms with Crippen LogP contribution in [-0.2, 0) is 5.60 Å². The van der Waals surface area contributed by atoms with Crippen LogP contribution in [0.3, 0.4) is 0 Å². The number of aromatic nitrogens is 2. The molecular weight excluding hydrogens is 598 g/mol. The first-order valence-corrected chi connectivity index (χ1v) is 12.7. The number of rotatable bonds is 7. The van der Waals surface area contributed by atoms with Gasteiger partial charge < -0.3 is 15.3 Å². The Morgan fingerprint density at radius 3 is 1.41 bits per heavy atom. The Bertz CT molecular complexity index is 1780. The predicted molar refractivity (Wildman–Crippen MR) is 141 cm³/mol. The van der Waals surface area contributed by atoms with Crippen molar-refractivity contribution in [1.82, 2.24) is 9.97 Å². The molecule has 1 fully saturated rings. The molecule has 0 atom stereocenters. The summed E-state index contributed by atoms with van der Waals surface area (Å²) >= 11 is 0. The smallest absolute Gasteiger partial charge is 0.354 e. The Morgan fingerprint density at radius 1 is 0.682 bits per heavy atom. The van der Waals surface area contributed by atoms with Crippen molar-refractivity contribution in [2.75, 3.05) is 0 Å². The molecule has 5 rings (SSSR count). The summed E-state index contributed by atoms with van der Waals surface area (Å²) in [5.41, 5.74) is -5.48. The fraction of sp³-hybridized carbons (Fsp3) is 0.167. The SMILES string of the molecule is CCC(=O)c1cc(F)c(-c2nc(C(=O)O)ccc2F)c(F)c1.O=C(O)c1ccc(F)c(-c2c(F)cc(C3(O)CC3)cc2F)n1. The van der Waals surface area contributed by atoms with Crippen molar-refractivity contribution >= 4 is 17.7 Å². The Morgan fingerprint density at radius 2 is 1.07 bits per heavy atom. The number of hydrogen-bond acceptors (Lipinski definition) is 6. The van der Waals surface area contributed by atoms with Crippen LogP contribution in [0.4, 0.5) is 26.3 Å². The Hall–Kier alpha value is -5.11. The molecule has 3 N–H and O–H groups in total. The van der Waals surface area contributed by atoms with Crippen LogP contribution in [0.5, 0.6) is 0 Å². The number of nitrogens with zero attached hydrogens (tertiary/aromatic N) is 2. The highest BCUT2D eigenvalue weighted by atomic mass is 19.2. The second-order valence-corrected chi connectivity index (χ2v) is 9.60. The first kappa shape index (κ1) is 31.8. The van der Waals surface area contributed by atoms with Crippen LogP contribution in [0.25, 0.3) is 22.5 Å². The third kappa shape index (κ3) is 6.44. The molecule has 0 aliphatic heterocycles. The van der Waals surface area contributed by atoms with Crippen LogP contribution >= 0.6 is 0 Å². The summed E-state index contributed by atoms with van der Waals surface area (Å²) in [5.74, 6) is -10.1. The second-order valence-electron chi connectivity index (χ2n) is 9.60. The van der Waals surface area contributed by atoms with Gasteiger partial charge in [0.05, 0.1) is 16.7 Å². The quantitative estimate of drug-likeness (QED) is 0.162. The number of aromatic carboxylic acids is 2. The summed E-state index contributed by atoms with van der Waals surface area (Å²) in [6, 6.07) is 6.71. The van der Waals surface area contributed by atoms with Gasteiger partial charge in [0.15, 0.2) is 5.78 Å². The van der Waals surface area contributed by atoms with Gasteiger partial charge in [0.1, 0.15) is 57.7 Å². The van der Waals surface area contributed by atoms with E-state index in [-0.39, 0.29) is 17.5 Å². The maximum absolute atomic E-state index is 14.2. The number of carbonyl (C=O) groups excluding carboxylic acids is 1. The molecule has 0 saturated heterocycles. The Kier molecular flexibility index (Phi) is 8.86. The van der Waals surface area contributed by atoms with Crippen molar-refractivity contribution < 1.29 is 56.0 Å². The topological polar surface area (TPSA) is 138 Å². The number of Topliss-reactive ketones (excluding diaryl/α,β-unsaturated/α-hetero) is 1. The van der Waals surface area contributed by atoms with E-state index in [4.69, 9.17) is 10.2 Å². The molecule has 8 nitrogen and oxygen atoms in total. The van der Waals surface area contributed by atoms with Gasteiger partial charge in [-0.2, -0.15) is 0 Å². The van der Waals surface area contributed by atoms with E-state index in [9.17, 15) is 45.8 Å². The number of carbonyl (C=O) groups is 3. The summed E-state index contributed by atoms with van der Waals surface area (Å²) in [7, 11) is 0. The third-order valence-electron chi connectivity index (χ3n) is 6.59. The molecular formula is C30H20F6N2O6. The lowest BCUT2D eigenvalue weighted by Crippen LogP contribution is -2.08. The lowest BCUT2D eigenvalue weighted by Gasteiger charge is -2.12. The van der Waals surface area contributed by atoms with E-state index in [1.807, 2.05) is 0 Å². The van der Waals surface area contributed by atoms with E-state index in [2.05, 4.69) is 9.97 Å². The van der Waals surface area contributed by atoms with Gasteiger partial charge in [-0.1, -0.05) is 6.92 Å². The van der Waals surface area contributed by atoms with Gasteiger partial charge in [0.25, 0.3) is 0 Å². The van der Waals surface area contributed by atoms with Crippen LogP contribution in [-0.4, -0.2) is 43.0 Å². The molecule has 2 aromatic heterocycles. The van der Waals surface area contributed by atoms with Crippen molar-refractivity contribution in [2.45, 2.75) is 31.8 Å². The molecule has 0 amide bonds. The van der Waals surface area contributed by atoms with Gasteiger partial charge in [0, 0.05) is 12.0 Å². The fourth-order valence-corrected chi connectivity index (χ4v) is 4.11. The predicted octanol–water partition coefficient (Wildman–Crippen LogP) is 6.30. The molecule has 4 aromatic rings. The zero-order valence-corrected chi connectivity index (χ0v) is 22.5. The Labute approximate surface area is 244 Å². The Balaban J connectivity index is 0.000000201. The first-order chi connectivity index (χ1) is 20.7. The zero-order chi connectivity index (χ0) is 32.5. The molecule has 0 spiro atoms. The summed E-state index contributed by atoms with van der Waals surface area (Å²) in [6.07, 6.45) is 0.845. The number of pyridine rings is 2. The normalized spacial score (nSPS) is 13.1. The van der Waals surface area contributed by atoms with Crippen molar-refractivity contribution in [3.8, 4) is 22.5 Å². The van der Waals surface area contributed by atoms with E-state index >= 15 is 0 Å². The van der Waals surface area contributed by atoms with E-state index in [0.29, 0.717) is 12.8 Å². The van der Waals surface area contributed by atoms with Crippen LogP contribution in [0.2, 0.25) is 0 Å². The van der Waals surface area contributed by atoms with Gasteiger partial charge in [0.2, 0.25) is 0 Å². The highest BCUT2D eigenvalue weighted by molar-refractivity contribution is 5.96. The molecule has 2 heterocycles. The number of aliphatic hydroxyl groups is 1. The maximum atomic E-state index is 14.2. The monoisotopic (exact) mass is 618 g/mol. The molecule has 1 aliphatic carbocycles. The molecule has 228 valence electrons. The highest BCUT2D eigenvalue weighted by Crippen LogP contribution is 2.46. The van der Waals surface area contributed by atoms with Gasteiger partial charge in [-0.3, -0.25) is 4.79 Å². The van der Waals surface area contributed by atoms with Crippen molar-refractivity contribution in [2.24, 2.45) is 0 Å². The van der Waals surface area contributed by atoms with Crippen LogP contribution in [0, 0.1) is 34.9 Å². The average molecular weight is 618 g/mol. The number of benzene rings is 2. The minimum Gasteiger partial charge on any atom is -0.477 e. The summed E-state index contributed by atoms with van der Waals surface area (Å²) in [4.78, 5) is 40.0. The van der Waals surface area contributed by atoms with Gasteiger partial charge in [-0.15, -0.1) is 0 Å². The summed E-state index contributed by atoms with van der Waals surface area (Å²) in [5, 5.41) is 27.5. The molecule has 14 heteroatoms. The van der Waals surface area contributed by atoms with E-state index < -0.39 is 92.1 Å². The maximum Gasteiger partial charge on any atom is 0.354 e. The van der Waals surface area contributed by atoms with Gasteiger partial charge in [-0.25, -0.2) is 45.9 Å². The standard InChI is InChI=1S/2C15H10F3NO3/c16-8-1-2-11(14(20)21)19-13(8)12-9(17)5-7(6-10(12)18)15(22)3-4-15;1-2-12(20)7-5-9(17)13(10(18)6-7)14-8(16)3-4-11(19-14)15(21)22/h1-2,5-6,22H,3-4H2,(H,20,21);3-6H,2H2,1H3,(H,21,22). The molecule has 1 aliphatic rings. The van der Waals surface area contributed by atoms with E-state index in [1.165, 1.54) is 6.92 Å². The van der Waals surface area contributed by atoms with Crippen LogP contribution < -0.4 is 0 Å². The number of ketones is 1.